The van der Waals surface area contributed by atoms with E-state index in [-0.39, 0.29) is 25.8 Å². The molecule has 11 nitrogen and oxygen atoms in total. The molecule has 0 fully saturated rings. The zero-order chi connectivity index (χ0) is 37.5. The van der Waals surface area contributed by atoms with Gasteiger partial charge in [-0.25, -0.2) is 0 Å². The third-order valence-electron chi connectivity index (χ3n) is 8.06. The summed E-state index contributed by atoms with van der Waals surface area (Å²) < 4.78 is 65.5. The third kappa shape index (κ3) is 9.39. The van der Waals surface area contributed by atoms with E-state index in [1.165, 1.54) is 6.20 Å². The summed E-state index contributed by atoms with van der Waals surface area (Å²) in [5, 5.41) is 6.47. The van der Waals surface area contributed by atoms with Gasteiger partial charge in [0, 0.05) is 77.8 Å². The smallest absolute Gasteiger partial charge is 0.431 e. The van der Waals surface area contributed by atoms with Gasteiger partial charge in [-0.05, 0) is 57.3 Å². The number of hydrogen-bond acceptors (Lipinski definition) is 6. The van der Waals surface area contributed by atoms with E-state index < -0.39 is 11.9 Å². The van der Waals surface area contributed by atoms with Crippen LogP contribution in [0.1, 0.15) is 28.5 Å². The molecule has 0 unspecified atom stereocenters. The number of pyridine rings is 1. The molecule has 0 saturated carbocycles. The molecule has 0 spiro atoms. The standard InChI is InChI=1S/2C14H17N2O2.C9H5F3N3.Ir/c2*1-10-11(2)16(9-15(10)3)13-7-6-12(17-4)8-14(13)18-5;10-9(11,12)8-5-7(14-15-8)6-3-1-2-4-13-6;/h2*6,8H,1-5H3;1-5H;/q3*-1;. The predicted octanol–water partition coefficient (Wildman–Crippen LogP) is 5.19. The van der Waals surface area contributed by atoms with Crippen molar-refractivity contribution in [3.05, 3.63) is 108 Å². The van der Waals surface area contributed by atoms with Crippen LogP contribution in [0.3, 0.4) is 0 Å². The largest absolute Gasteiger partial charge is 0.573 e. The van der Waals surface area contributed by atoms with Gasteiger partial charge in [0.25, 0.3) is 0 Å². The van der Waals surface area contributed by atoms with Gasteiger partial charge in [0.1, 0.15) is 5.69 Å². The number of nitrogens with zero attached hydrogens (tertiary/aromatic N) is 7. The summed E-state index contributed by atoms with van der Waals surface area (Å²) >= 11 is 0. The Morgan fingerprint density at radius 1 is 0.731 bits per heavy atom. The van der Waals surface area contributed by atoms with Crippen molar-refractivity contribution in [3.8, 4) is 45.8 Å². The maximum atomic E-state index is 12.2. The molecule has 279 valence electrons. The second kappa shape index (κ2) is 17.9. The van der Waals surface area contributed by atoms with Gasteiger partial charge in [-0.15, -0.1) is 12.1 Å². The van der Waals surface area contributed by atoms with Crippen LogP contribution in [0.5, 0.6) is 23.0 Å². The molecule has 0 atom stereocenters. The van der Waals surface area contributed by atoms with Gasteiger partial charge in [-0.1, -0.05) is 23.9 Å². The minimum absolute atomic E-state index is 0. The minimum atomic E-state index is -4.46. The number of rotatable bonds is 7. The van der Waals surface area contributed by atoms with Crippen molar-refractivity contribution in [1.82, 2.24) is 24.3 Å². The van der Waals surface area contributed by atoms with E-state index in [1.807, 2.05) is 58.3 Å². The third-order valence-corrected chi connectivity index (χ3v) is 8.06. The van der Waals surface area contributed by atoms with E-state index in [0.29, 0.717) is 17.2 Å². The van der Waals surface area contributed by atoms with Crippen LogP contribution in [0, 0.1) is 52.5 Å². The molecule has 2 aromatic carbocycles. The molecule has 52 heavy (non-hydrogen) atoms. The van der Waals surface area contributed by atoms with E-state index in [2.05, 4.69) is 53.8 Å². The summed E-state index contributed by atoms with van der Waals surface area (Å²) in [6, 6.07) is 19.4. The van der Waals surface area contributed by atoms with Gasteiger partial charge in [0.15, 0.2) is 0 Å². The zero-order valence-electron chi connectivity index (χ0n) is 30.4. The minimum Gasteiger partial charge on any atom is -0.573 e. The summed E-state index contributed by atoms with van der Waals surface area (Å²) in [4.78, 5) is 3.87. The monoisotopic (exact) mass is 895 g/mol. The first-order valence-electron chi connectivity index (χ1n) is 15.5. The molecule has 0 aliphatic carbocycles. The Hall–Kier alpha value is -5.14. The molecule has 4 heterocycles. The average Bonchev–Trinajstić information content (AvgIpc) is 3.82. The first-order chi connectivity index (χ1) is 24.2. The Bertz CT molecular complexity index is 1970. The first kappa shape index (κ1) is 41.3. The number of aromatic nitrogens is 7. The van der Waals surface area contributed by atoms with Crippen molar-refractivity contribution in [3.63, 3.8) is 0 Å². The van der Waals surface area contributed by atoms with Crippen molar-refractivity contribution >= 4 is 0 Å². The molecule has 6 rings (SSSR count). The SMILES string of the molecule is COc1c[c-]c(-n2[c-][n+](C)c(C)c2C)c(OC)c1.COc1c[c-]c(-n2[c-][n+](C)c(C)c2C)c(OC)c1.FC(F)(F)c1cc(-c2ccccn2)[n-]n1.[Ir]. The fourth-order valence-electron chi connectivity index (χ4n) is 4.71. The second-order valence-electron chi connectivity index (χ2n) is 11.1. The van der Waals surface area contributed by atoms with Crippen LogP contribution in [0.2, 0.25) is 0 Å². The Kier molecular flexibility index (Phi) is 14.2. The number of halogens is 3. The molecule has 6 aromatic rings. The predicted molar refractivity (Wildman–Crippen MR) is 180 cm³/mol. The normalized spacial score (nSPS) is 10.6. The molecule has 1 radical (unpaired) electrons. The molecule has 0 aliphatic heterocycles. The van der Waals surface area contributed by atoms with Crippen LogP contribution in [0.15, 0.2) is 54.7 Å². The summed E-state index contributed by atoms with van der Waals surface area (Å²) in [5.41, 5.74) is 5.70. The fourth-order valence-corrected chi connectivity index (χ4v) is 4.71. The van der Waals surface area contributed by atoms with Gasteiger partial charge >= 0.3 is 6.18 Å². The van der Waals surface area contributed by atoms with Crippen LogP contribution in [-0.2, 0) is 40.4 Å². The number of methoxy groups -OCH3 is 4. The van der Waals surface area contributed by atoms with E-state index in [9.17, 15) is 13.2 Å². The van der Waals surface area contributed by atoms with E-state index in [0.717, 1.165) is 51.7 Å². The number of aryl methyl sites for hydroxylation is 2. The molecule has 4 aromatic heterocycles. The molecule has 0 bridgehead atoms. The summed E-state index contributed by atoms with van der Waals surface area (Å²) in [6.07, 6.45) is 3.47. The summed E-state index contributed by atoms with van der Waals surface area (Å²) in [6.45, 7) is 8.20. The molecular weight excluding hydrogens is 856 g/mol. The number of alkyl halides is 3. The quantitative estimate of drug-likeness (QED) is 0.161. The van der Waals surface area contributed by atoms with Crippen LogP contribution in [-0.4, -0.2) is 47.7 Å². The Labute approximate surface area is 314 Å². The first-order valence-corrected chi connectivity index (χ1v) is 15.5. The van der Waals surface area contributed by atoms with Gasteiger partial charge in [-0.3, -0.25) is 4.98 Å². The Balaban J connectivity index is 0.000000209. The summed E-state index contributed by atoms with van der Waals surface area (Å²) in [7, 11) is 10.5. The van der Waals surface area contributed by atoms with Crippen molar-refractivity contribution in [2.24, 2.45) is 14.1 Å². The Morgan fingerprint density at radius 3 is 1.54 bits per heavy atom. The maximum Gasteiger partial charge on any atom is 0.431 e. The maximum absolute atomic E-state index is 12.2. The van der Waals surface area contributed by atoms with E-state index >= 15 is 0 Å². The van der Waals surface area contributed by atoms with Crippen molar-refractivity contribution in [1.29, 1.82) is 0 Å². The fraction of sp³-hybridized carbons (Fsp3) is 0.297. The number of ether oxygens (including phenoxy) is 4. The van der Waals surface area contributed by atoms with Crippen LogP contribution >= 0.6 is 0 Å². The van der Waals surface area contributed by atoms with Crippen LogP contribution in [0.25, 0.3) is 22.8 Å². The average molecular weight is 895 g/mol. The number of benzene rings is 2. The van der Waals surface area contributed by atoms with Gasteiger partial charge in [0.05, 0.1) is 42.5 Å². The van der Waals surface area contributed by atoms with Crippen molar-refractivity contribution in [2.75, 3.05) is 28.4 Å². The van der Waals surface area contributed by atoms with Gasteiger partial charge in [-0.2, -0.15) is 25.3 Å². The van der Waals surface area contributed by atoms with E-state index in [1.54, 1.807) is 58.8 Å². The molecular formula is C37H39F3IrN7O4-3. The molecule has 0 saturated heterocycles. The molecule has 0 amide bonds. The number of hydrogen-bond donors (Lipinski definition) is 0. The molecule has 0 aliphatic rings. The van der Waals surface area contributed by atoms with E-state index in [4.69, 9.17) is 18.9 Å². The van der Waals surface area contributed by atoms with Gasteiger partial charge < -0.3 is 47.4 Å². The summed E-state index contributed by atoms with van der Waals surface area (Å²) in [5.74, 6) is 2.87. The van der Waals surface area contributed by atoms with Gasteiger partial charge in [0.2, 0.25) is 12.7 Å². The topological polar surface area (TPSA) is 94.4 Å². The Morgan fingerprint density at radius 2 is 1.21 bits per heavy atom. The second-order valence-corrected chi connectivity index (χ2v) is 11.1. The van der Waals surface area contributed by atoms with Crippen LogP contribution in [0.4, 0.5) is 13.2 Å². The number of imidazole rings is 2. The molecule has 15 heteroatoms. The zero-order valence-corrected chi connectivity index (χ0v) is 32.8. The van der Waals surface area contributed by atoms with Crippen molar-refractivity contribution < 1.29 is 61.4 Å². The molecule has 0 N–H and O–H groups in total. The van der Waals surface area contributed by atoms with Crippen LogP contribution < -0.4 is 33.2 Å². The van der Waals surface area contributed by atoms with Crippen molar-refractivity contribution in [2.45, 2.75) is 33.9 Å².